The highest BCUT2D eigenvalue weighted by Crippen LogP contribution is 2.37. The maximum absolute atomic E-state index is 6.31. The fourth-order valence-electron chi connectivity index (χ4n) is 2.36. The lowest BCUT2D eigenvalue weighted by atomic mass is 9.82. The molecule has 1 aliphatic rings. The molecule has 0 aromatic heterocycles. The summed E-state index contributed by atoms with van der Waals surface area (Å²) in [5, 5.41) is 0.822. The van der Waals surface area contributed by atoms with Gasteiger partial charge in [0.25, 0.3) is 0 Å². The molecule has 1 fully saturated rings. The highest BCUT2D eigenvalue weighted by Gasteiger charge is 2.27. The molecular formula is C14H19Cl2N. The molecule has 0 amide bonds. The SMILES string of the molecule is CC1(C)CCN(c2c(Cl)cccc2CCl)CC1. The lowest BCUT2D eigenvalue weighted by molar-refractivity contribution is 0.279. The van der Waals surface area contributed by atoms with E-state index in [1.165, 1.54) is 12.8 Å². The molecular weight excluding hydrogens is 253 g/mol. The van der Waals surface area contributed by atoms with Crippen LogP contribution in [0.2, 0.25) is 5.02 Å². The van der Waals surface area contributed by atoms with Gasteiger partial charge < -0.3 is 4.90 Å². The number of hydrogen-bond acceptors (Lipinski definition) is 1. The number of rotatable bonds is 2. The summed E-state index contributed by atoms with van der Waals surface area (Å²) in [6.07, 6.45) is 2.42. The first-order valence-electron chi connectivity index (χ1n) is 6.12. The van der Waals surface area contributed by atoms with Crippen molar-refractivity contribution < 1.29 is 0 Å². The summed E-state index contributed by atoms with van der Waals surface area (Å²) in [7, 11) is 0. The normalized spacial score (nSPS) is 19.4. The van der Waals surface area contributed by atoms with Crippen molar-refractivity contribution in [2.45, 2.75) is 32.6 Å². The smallest absolute Gasteiger partial charge is 0.0642 e. The largest absolute Gasteiger partial charge is 0.370 e. The van der Waals surface area contributed by atoms with Gasteiger partial charge in [0.1, 0.15) is 0 Å². The number of anilines is 1. The zero-order valence-corrected chi connectivity index (χ0v) is 12.0. The van der Waals surface area contributed by atoms with Crippen molar-refractivity contribution in [3.8, 4) is 0 Å². The molecule has 0 radical (unpaired) electrons. The molecule has 2 rings (SSSR count). The van der Waals surface area contributed by atoms with Crippen molar-refractivity contribution in [1.29, 1.82) is 0 Å². The number of alkyl halides is 1. The Morgan fingerprint density at radius 1 is 1.24 bits per heavy atom. The minimum atomic E-state index is 0.457. The molecule has 0 bridgehead atoms. The Morgan fingerprint density at radius 2 is 1.88 bits per heavy atom. The Bertz CT molecular complexity index is 391. The van der Waals surface area contributed by atoms with Gasteiger partial charge in [0, 0.05) is 19.0 Å². The number of benzene rings is 1. The van der Waals surface area contributed by atoms with Gasteiger partial charge in [-0.1, -0.05) is 37.6 Å². The van der Waals surface area contributed by atoms with Gasteiger partial charge >= 0.3 is 0 Å². The molecule has 1 nitrogen and oxygen atoms in total. The second-order valence-electron chi connectivity index (χ2n) is 5.53. The van der Waals surface area contributed by atoms with Crippen LogP contribution in [0.15, 0.2) is 18.2 Å². The molecule has 94 valence electrons. The Kier molecular flexibility index (Phi) is 3.89. The van der Waals surface area contributed by atoms with Crippen LogP contribution in [0.1, 0.15) is 32.3 Å². The molecule has 0 spiro atoms. The molecule has 1 heterocycles. The second-order valence-corrected chi connectivity index (χ2v) is 6.21. The van der Waals surface area contributed by atoms with E-state index < -0.39 is 0 Å². The van der Waals surface area contributed by atoms with Crippen LogP contribution in [0.4, 0.5) is 5.69 Å². The van der Waals surface area contributed by atoms with Gasteiger partial charge in [-0.2, -0.15) is 0 Å². The van der Waals surface area contributed by atoms with Crippen LogP contribution < -0.4 is 4.90 Å². The van der Waals surface area contributed by atoms with Gasteiger partial charge in [-0.3, -0.25) is 0 Å². The van der Waals surface area contributed by atoms with Gasteiger partial charge in [0.15, 0.2) is 0 Å². The summed E-state index contributed by atoms with van der Waals surface area (Å²) in [6, 6.07) is 5.98. The summed E-state index contributed by atoms with van der Waals surface area (Å²) in [4.78, 5) is 2.38. The summed E-state index contributed by atoms with van der Waals surface area (Å²) in [6.45, 7) is 6.81. The molecule has 0 aliphatic carbocycles. The summed E-state index contributed by atoms with van der Waals surface area (Å²) in [5.74, 6) is 0.524. The van der Waals surface area contributed by atoms with Crippen molar-refractivity contribution in [2.75, 3.05) is 18.0 Å². The maximum atomic E-state index is 6.31. The van der Waals surface area contributed by atoms with E-state index in [9.17, 15) is 0 Å². The molecule has 1 aromatic carbocycles. The summed E-state index contributed by atoms with van der Waals surface area (Å²) >= 11 is 12.3. The van der Waals surface area contributed by atoms with E-state index in [0.717, 1.165) is 29.4 Å². The number of nitrogens with zero attached hydrogens (tertiary/aromatic N) is 1. The van der Waals surface area contributed by atoms with E-state index >= 15 is 0 Å². The maximum Gasteiger partial charge on any atom is 0.0642 e. The fourth-order valence-corrected chi connectivity index (χ4v) is 2.89. The Labute approximate surface area is 114 Å². The van der Waals surface area contributed by atoms with Crippen molar-refractivity contribution in [3.63, 3.8) is 0 Å². The average molecular weight is 272 g/mol. The predicted molar refractivity (Wildman–Crippen MR) is 76.2 cm³/mol. The molecule has 1 aliphatic heterocycles. The van der Waals surface area contributed by atoms with Crippen LogP contribution in [0.25, 0.3) is 0 Å². The van der Waals surface area contributed by atoms with Gasteiger partial charge in [-0.15, -0.1) is 11.6 Å². The zero-order valence-electron chi connectivity index (χ0n) is 10.5. The quantitative estimate of drug-likeness (QED) is 0.705. The molecule has 3 heteroatoms. The Balaban J connectivity index is 2.23. The first kappa shape index (κ1) is 13.0. The number of para-hydroxylation sites is 1. The molecule has 0 N–H and O–H groups in total. The highest BCUT2D eigenvalue weighted by molar-refractivity contribution is 6.33. The van der Waals surface area contributed by atoms with Gasteiger partial charge in [0.05, 0.1) is 10.7 Å². The van der Waals surface area contributed by atoms with Crippen molar-refractivity contribution in [1.82, 2.24) is 0 Å². The lowest BCUT2D eigenvalue weighted by Gasteiger charge is -2.39. The average Bonchev–Trinajstić information content (AvgIpc) is 2.29. The van der Waals surface area contributed by atoms with Gasteiger partial charge in [0.2, 0.25) is 0 Å². The fraction of sp³-hybridized carbons (Fsp3) is 0.571. The third-order valence-electron chi connectivity index (χ3n) is 3.65. The molecule has 1 saturated heterocycles. The van der Waals surface area contributed by atoms with Crippen molar-refractivity contribution in [2.24, 2.45) is 5.41 Å². The number of halogens is 2. The van der Waals surface area contributed by atoms with Crippen molar-refractivity contribution in [3.05, 3.63) is 28.8 Å². The number of hydrogen-bond donors (Lipinski definition) is 0. The lowest BCUT2D eigenvalue weighted by Crippen LogP contribution is -2.37. The van der Waals surface area contributed by atoms with Crippen LogP contribution in [0.5, 0.6) is 0 Å². The van der Waals surface area contributed by atoms with Gasteiger partial charge in [-0.25, -0.2) is 0 Å². The van der Waals surface area contributed by atoms with Crippen LogP contribution in [-0.2, 0) is 5.88 Å². The first-order valence-corrected chi connectivity index (χ1v) is 7.03. The minimum Gasteiger partial charge on any atom is -0.370 e. The van der Waals surface area contributed by atoms with E-state index in [0.29, 0.717) is 11.3 Å². The molecule has 0 atom stereocenters. The topological polar surface area (TPSA) is 3.24 Å². The van der Waals surface area contributed by atoms with Crippen LogP contribution in [0, 0.1) is 5.41 Å². The minimum absolute atomic E-state index is 0.457. The highest BCUT2D eigenvalue weighted by atomic mass is 35.5. The monoisotopic (exact) mass is 271 g/mol. The second kappa shape index (κ2) is 5.07. The molecule has 1 aromatic rings. The van der Waals surface area contributed by atoms with Crippen molar-refractivity contribution >= 4 is 28.9 Å². The summed E-state index contributed by atoms with van der Waals surface area (Å²) < 4.78 is 0. The zero-order chi connectivity index (χ0) is 12.5. The Morgan fingerprint density at radius 3 is 2.47 bits per heavy atom. The van der Waals surface area contributed by atoms with E-state index in [4.69, 9.17) is 23.2 Å². The Hall–Kier alpha value is -0.400. The van der Waals surface area contributed by atoms with Crippen LogP contribution in [-0.4, -0.2) is 13.1 Å². The standard InChI is InChI=1S/C14H19Cl2N/c1-14(2)6-8-17(9-7-14)13-11(10-15)4-3-5-12(13)16/h3-5H,6-10H2,1-2H3. The van der Waals surface area contributed by atoms with Gasteiger partial charge in [-0.05, 0) is 29.9 Å². The molecule has 0 unspecified atom stereocenters. The third kappa shape index (κ3) is 2.89. The van der Waals surface area contributed by atoms with E-state index in [-0.39, 0.29) is 0 Å². The molecule has 17 heavy (non-hydrogen) atoms. The molecule has 0 saturated carbocycles. The third-order valence-corrected chi connectivity index (χ3v) is 4.24. The first-order chi connectivity index (χ1) is 8.03. The van der Waals surface area contributed by atoms with E-state index in [1.54, 1.807) is 0 Å². The predicted octanol–water partition coefficient (Wildman–Crippen LogP) is 4.71. The van der Waals surface area contributed by atoms with E-state index in [2.05, 4.69) is 24.8 Å². The van der Waals surface area contributed by atoms with E-state index in [1.807, 2.05) is 12.1 Å². The van der Waals surface area contributed by atoms with Crippen LogP contribution in [0.3, 0.4) is 0 Å². The summed E-state index contributed by atoms with van der Waals surface area (Å²) in [5.41, 5.74) is 2.73. The number of piperidine rings is 1. The van der Waals surface area contributed by atoms with Crippen LogP contribution >= 0.6 is 23.2 Å².